The SMILES string of the molecule is Cc1ccc(C#N)c(N(Cc2ccccc2N)C(C)C)n1. The van der Waals surface area contributed by atoms with Gasteiger partial charge in [-0.1, -0.05) is 18.2 Å². The molecular formula is C17H20N4. The highest BCUT2D eigenvalue weighted by Gasteiger charge is 2.17. The number of hydrogen-bond donors (Lipinski definition) is 1. The summed E-state index contributed by atoms with van der Waals surface area (Å²) >= 11 is 0. The fourth-order valence-electron chi connectivity index (χ4n) is 2.21. The maximum atomic E-state index is 9.32. The lowest BCUT2D eigenvalue weighted by atomic mass is 10.1. The molecular weight excluding hydrogens is 260 g/mol. The summed E-state index contributed by atoms with van der Waals surface area (Å²) in [5.41, 5.74) is 9.32. The summed E-state index contributed by atoms with van der Waals surface area (Å²) < 4.78 is 0. The summed E-state index contributed by atoms with van der Waals surface area (Å²) in [6.45, 7) is 6.74. The van der Waals surface area contributed by atoms with Crippen LogP contribution in [-0.4, -0.2) is 11.0 Å². The van der Waals surface area contributed by atoms with E-state index in [2.05, 4.69) is 29.8 Å². The van der Waals surface area contributed by atoms with Crippen molar-refractivity contribution in [3.05, 3.63) is 53.2 Å². The minimum atomic E-state index is 0.214. The van der Waals surface area contributed by atoms with Crippen molar-refractivity contribution in [3.63, 3.8) is 0 Å². The Morgan fingerprint density at radius 1 is 1.24 bits per heavy atom. The van der Waals surface area contributed by atoms with Crippen molar-refractivity contribution in [2.75, 3.05) is 10.6 Å². The minimum Gasteiger partial charge on any atom is -0.398 e. The van der Waals surface area contributed by atoms with Gasteiger partial charge in [0.15, 0.2) is 0 Å². The smallest absolute Gasteiger partial charge is 0.147 e. The van der Waals surface area contributed by atoms with Crippen molar-refractivity contribution in [3.8, 4) is 6.07 Å². The molecule has 1 aromatic heterocycles. The number of nitrogens with two attached hydrogens (primary N) is 1. The van der Waals surface area contributed by atoms with Crippen LogP contribution >= 0.6 is 0 Å². The van der Waals surface area contributed by atoms with Crippen LogP contribution in [0.2, 0.25) is 0 Å². The first kappa shape index (κ1) is 14.9. The number of hydrogen-bond acceptors (Lipinski definition) is 4. The van der Waals surface area contributed by atoms with Crippen LogP contribution in [0.1, 0.15) is 30.7 Å². The number of para-hydroxylation sites is 1. The highest BCUT2D eigenvalue weighted by molar-refractivity contribution is 5.57. The average Bonchev–Trinajstić information content (AvgIpc) is 2.46. The zero-order chi connectivity index (χ0) is 15.4. The quantitative estimate of drug-likeness (QED) is 0.873. The number of aryl methyl sites for hydroxylation is 1. The van der Waals surface area contributed by atoms with E-state index in [0.717, 1.165) is 22.8 Å². The molecule has 0 saturated carbocycles. The van der Waals surface area contributed by atoms with Gasteiger partial charge in [0.2, 0.25) is 0 Å². The molecule has 0 bridgehead atoms. The van der Waals surface area contributed by atoms with Crippen molar-refractivity contribution < 1.29 is 0 Å². The number of nitrogens with zero attached hydrogens (tertiary/aromatic N) is 3. The lowest BCUT2D eigenvalue weighted by Crippen LogP contribution is -2.32. The zero-order valence-corrected chi connectivity index (χ0v) is 12.7. The summed E-state index contributed by atoms with van der Waals surface area (Å²) in [5.74, 6) is 0.718. The van der Waals surface area contributed by atoms with Gasteiger partial charge in [-0.3, -0.25) is 0 Å². The molecule has 4 heteroatoms. The van der Waals surface area contributed by atoms with Gasteiger partial charge in [-0.2, -0.15) is 5.26 Å². The van der Waals surface area contributed by atoms with Crippen LogP contribution < -0.4 is 10.6 Å². The molecule has 0 amide bonds. The van der Waals surface area contributed by atoms with Gasteiger partial charge in [-0.05, 0) is 44.5 Å². The zero-order valence-electron chi connectivity index (χ0n) is 12.7. The topological polar surface area (TPSA) is 65.9 Å². The molecule has 108 valence electrons. The second-order valence-electron chi connectivity index (χ2n) is 5.36. The normalized spacial score (nSPS) is 10.4. The second-order valence-corrected chi connectivity index (χ2v) is 5.36. The van der Waals surface area contributed by atoms with Gasteiger partial charge in [-0.15, -0.1) is 0 Å². The van der Waals surface area contributed by atoms with Gasteiger partial charge in [0.05, 0.1) is 5.56 Å². The molecule has 21 heavy (non-hydrogen) atoms. The minimum absolute atomic E-state index is 0.214. The van der Waals surface area contributed by atoms with E-state index in [0.29, 0.717) is 12.1 Å². The third-order valence-electron chi connectivity index (χ3n) is 3.43. The molecule has 0 unspecified atom stereocenters. The molecule has 2 rings (SSSR count). The summed E-state index contributed by atoms with van der Waals surface area (Å²) in [6, 6.07) is 13.9. The van der Waals surface area contributed by atoms with E-state index < -0.39 is 0 Å². The molecule has 4 nitrogen and oxygen atoms in total. The van der Waals surface area contributed by atoms with E-state index in [-0.39, 0.29) is 6.04 Å². The Morgan fingerprint density at radius 3 is 2.57 bits per heavy atom. The summed E-state index contributed by atoms with van der Waals surface area (Å²) in [6.07, 6.45) is 0. The van der Waals surface area contributed by atoms with Crippen molar-refractivity contribution in [1.29, 1.82) is 5.26 Å². The molecule has 0 fully saturated rings. The van der Waals surface area contributed by atoms with Gasteiger partial charge in [0, 0.05) is 24.0 Å². The molecule has 0 saturated heterocycles. The van der Waals surface area contributed by atoms with Gasteiger partial charge in [0.25, 0.3) is 0 Å². The lowest BCUT2D eigenvalue weighted by Gasteiger charge is -2.29. The first-order valence-corrected chi connectivity index (χ1v) is 7.00. The molecule has 1 heterocycles. The number of nitriles is 1. The fraction of sp³-hybridized carbons (Fsp3) is 0.294. The first-order chi connectivity index (χ1) is 10.0. The van der Waals surface area contributed by atoms with Gasteiger partial charge in [-0.25, -0.2) is 4.98 Å². The number of benzene rings is 1. The number of rotatable bonds is 4. The van der Waals surface area contributed by atoms with Crippen LogP contribution in [0.5, 0.6) is 0 Å². The summed E-state index contributed by atoms with van der Waals surface area (Å²) in [7, 11) is 0. The van der Waals surface area contributed by atoms with Crippen LogP contribution in [0.3, 0.4) is 0 Å². The Labute approximate surface area is 125 Å². The molecule has 0 aliphatic carbocycles. The van der Waals surface area contributed by atoms with E-state index in [9.17, 15) is 5.26 Å². The van der Waals surface area contributed by atoms with E-state index in [4.69, 9.17) is 5.73 Å². The predicted octanol–water partition coefficient (Wildman–Crippen LogP) is 3.26. The molecule has 0 aliphatic rings. The number of pyridine rings is 1. The number of anilines is 2. The Bertz CT molecular complexity index is 671. The molecule has 0 radical (unpaired) electrons. The summed E-state index contributed by atoms with van der Waals surface area (Å²) in [4.78, 5) is 6.66. The third-order valence-corrected chi connectivity index (χ3v) is 3.43. The van der Waals surface area contributed by atoms with Crippen LogP contribution in [0.15, 0.2) is 36.4 Å². The standard InChI is InChI=1S/C17H20N4/c1-12(2)21(11-15-6-4-5-7-16(15)19)17-14(10-18)9-8-13(3)20-17/h4-9,12H,11,19H2,1-3H3. The van der Waals surface area contributed by atoms with Crippen LogP contribution in [0, 0.1) is 18.3 Å². The molecule has 0 spiro atoms. The van der Waals surface area contributed by atoms with Crippen molar-refractivity contribution >= 4 is 11.5 Å². The van der Waals surface area contributed by atoms with Crippen molar-refractivity contribution in [1.82, 2.24) is 4.98 Å². The predicted molar refractivity (Wildman–Crippen MR) is 85.9 cm³/mol. The maximum absolute atomic E-state index is 9.32. The molecule has 2 aromatic rings. The van der Waals surface area contributed by atoms with Gasteiger partial charge in [0.1, 0.15) is 11.9 Å². The number of nitrogen functional groups attached to an aromatic ring is 1. The maximum Gasteiger partial charge on any atom is 0.147 e. The van der Waals surface area contributed by atoms with Crippen molar-refractivity contribution in [2.45, 2.75) is 33.4 Å². The van der Waals surface area contributed by atoms with E-state index in [1.807, 2.05) is 43.3 Å². The highest BCUT2D eigenvalue weighted by Crippen LogP contribution is 2.24. The van der Waals surface area contributed by atoms with Crippen molar-refractivity contribution in [2.24, 2.45) is 0 Å². The molecule has 0 atom stereocenters. The Hall–Kier alpha value is -2.54. The van der Waals surface area contributed by atoms with Gasteiger partial charge >= 0.3 is 0 Å². The first-order valence-electron chi connectivity index (χ1n) is 7.00. The van der Waals surface area contributed by atoms with Crippen LogP contribution in [0.4, 0.5) is 11.5 Å². The molecule has 2 N–H and O–H groups in total. The van der Waals surface area contributed by atoms with E-state index in [1.54, 1.807) is 0 Å². The molecule has 1 aromatic carbocycles. The van der Waals surface area contributed by atoms with Crippen LogP contribution in [-0.2, 0) is 6.54 Å². The third kappa shape index (κ3) is 3.32. The molecule has 0 aliphatic heterocycles. The Balaban J connectivity index is 2.43. The van der Waals surface area contributed by atoms with E-state index >= 15 is 0 Å². The van der Waals surface area contributed by atoms with Crippen LogP contribution in [0.25, 0.3) is 0 Å². The largest absolute Gasteiger partial charge is 0.398 e. The fourth-order valence-corrected chi connectivity index (χ4v) is 2.21. The summed E-state index contributed by atoms with van der Waals surface area (Å²) in [5, 5.41) is 9.32. The highest BCUT2D eigenvalue weighted by atomic mass is 15.2. The lowest BCUT2D eigenvalue weighted by molar-refractivity contribution is 0.671. The second kappa shape index (κ2) is 6.27. The monoisotopic (exact) mass is 280 g/mol. The Morgan fingerprint density at radius 2 is 1.95 bits per heavy atom. The van der Waals surface area contributed by atoms with E-state index in [1.165, 1.54) is 0 Å². The number of aromatic nitrogens is 1. The Kier molecular flexibility index (Phi) is 4.44. The van der Waals surface area contributed by atoms with Gasteiger partial charge < -0.3 is 10.6 Å². The average molecular weight is 280 g/mol.